The van der Waals surface area contributed by atoms with E-state index in [1.54, 1.807) is 17.5 Å². The minimum atomic E-state index is -0.173. The number of benzene rings is 1. The molecule has 0 saturated carbocycles. The molecule has 0 spiro atoms. The first-order valence-corrected chi connectivity index (χ1v) is 11.8. The number of carbonyl (C=O) groups is 1. The number of thiophene rings is 1. The third-order valence-corrected chi connectivity index (χ3v) is 7.03. The Hall–Kier alpha value is -2.94. The Kier molecular flexibility index (Phi) is 6.45. The lowest BCUT2D eigenvalue weighted by molar-refractivity contribution is -0.114. The maximum Gasteiger partial charge on any atom is 0.223 e. The highest BCUT2D eigenvalue weighted by molar-refractivity contribution is 7.22. The fraction of sp³-hybridized carbons (Fsp3) is 0.174. The molecule has 162 valence electrons. The molecule has 0 fully saturated rings. The van der Waals surface area contributed by atoms with Crippen molar-refractivity contribution in [2.75, 3.05) is 5.32 Å². The van der Waals surface area contributed by atoms with Gasteiger partial charge in [-0.15, -0.1) is 11.3 Å². The minimum absolute atomic E-state index is 0.173. The maximum absolute atomic E-state index is 11.5. The van der Waals surface area contributed by atoms with Crippen LogP contribution in [0.1, 0.15) is 31.2 Å². The molecule has 0 atom stereocenters. The van der Waals surface area contributed by atoms with Gasteiger partial charge in [0.1, 0.15) is 22.4 Å². The average Bonchev–Trinajstić information content (AvgIpc) is 3.35. The van der Waals surface area contributed by atoms with Crippen LogP contribution in [0.3, 0.4) is 0 Å². The number of allylic oxidation sites excluding steroid dienone is 1. The molecular formula is C23H20ClN5OS2. The summed E-state index contributed by atoms with van der Waals surface area (Å²) in [7, 11) is 0. The highest BCUT2D eigenvalue weighted by Gasteiger charge is 2.20. The van der Waals surface area contributed by atoms with E-state index in [1.165, 1.54) is 24.6 Å². The summed E-state index contributed by atoms with van der Waals surface area (Å²) in [5.74, 6) is -0.173. The molecule has 3 aromatic heterocycles. The predicted molar refractivity (Wildman–Crippen MR) is 135 cm³/mol. The molecule has 4 aromatic rings. The van der Waals surface area contributed by atoms with Crippen LogP contribution in [0.2, 0.25) is 5.02 Å². The number of thiazole rings is 1. The quantitative estimate of drug-likeness (QED) is 0.320. The van der Waals surface area contributed by atoms with Crippen molar-refractivity contribution in [1.82, 2.24) is 15.0 Å². The van der Waals surface area contributed by atoms with Gasteiger partial charge in [-0.2, -0.15) is 0 Å². The third kappa shape index (κ3) is 4.48. The molecule has 0 saturated heterocycles. The molecule has 0 bridgehead atoms. The van der Waals surface area contributed by atoms with E-state index in [-0.39, 0.29) is 5.91 Å². The lowest BCUT2D eigenvalue weighted by Crippen LogP contribution is -2.04. The Labute approximate surface area is 198 Å². The summed E-state index contributed by atoms with van der Waals surface area (Å²) in [5, 5.41) is 3.94. The van der Waals surface area contributed by atoms with Crippen LogP contribution in [-0.4, -0.2) is 26.6 Å². The number of halogens is 1. The number of hydrogen-bond donors (Lipinski definition) is 1. The van der Waals surface area contributed by atoms with Crippen LogP contribution in [0.4, 0.5) is 5.13 Å². The lowest BCUT2D eigenvalue weighted by atomic mass is 9.99. The Morgan fingerprint density at radius 3 is 2.69 bits per heavy atom. The number of aliphatic imine (C=N–C) groups is 1. The van der Waals surface area contributed by atoms with Crippen LogP contribution in [0, 0.1) is 6.92 Å². The molecule has 6 nitrogen and oxygen atoms in total. The number of aryl methyl sites for hydroxylation is 1. The number of nitrogens with zero attached hydrogens (tertiary/aromatic N) is 4. The summed E-state index contributed by atoms with van der Waals surface area (Å²) in [6.45, 7) is 7.44. The van der Waals surface area contributed by atoms with E-state index in [2.05, 4.69) is 31.3 Å². The van der Waals surface area contributed by atoms with Gasteiger partial charge in [0.2, 0.25) is 5.91 Å². The van der Waals surface area contributed by atoms with Crippen molar-refractivity contribution in [3.05, 3.63) is 58.3 Å². The van der Waals surface area contributed by atoms with E-state index in [1.807, 2.05) is 45.0 Å². The molecule has 0 aliphatic heterocycles. The Morgan fingerprint density at radius 1 is 1.16 bits per heavy atom. The molecule has 0 aliphatic carbocycles. The SMILES string of the molecule is C/C=C\N=C(C)c1sc(-c2ncnc3sc(NC(C)=O)nc23)cc1-c1ccc(Cl)cc1C. The van der Waals surface area contributed by atoms with Crippen molar-refractivity contribution in [3.8, 4) is 21.7 Å². The Balaban J connectivity index is 1.92. The first-order valence-electron chi connectivity index (χ1n) is 9.83. The summed E-state index contributed by atoms with van der Waals surface area (Å²) < 4.78 is 0. The predicted octanol–water partition coefficient (Wildman–Crippen LogP) is 6.74. The van der Waals surface area contributed by atoms with Crippen molar-refractivity contribution in [2.24, 2.45) is 4.99 Å². The zero-order valence-electron chi connectivity index (χ0n) is 17.9. The number of aromatic nitrogens is 3. The minimum Gasteiger partial charge on any atom is -0.302 e. The van der Waals surface area contributed by atoms with Crippen LogP contribution in [0.25, 0.3) is 32.0 Å². The lowest BCUT2D eigenvalue weighted by Gasteiger charge is -2.07. The fourth-order valence-electron chi connectivity index (χ4n) is 3.29. The zero-order chi connectivity index (χ0) is 22.8. The van der Waals surface area contributed by atoms with Crippen LogP contribution < -0.4 is 5.32 Å². The number of carbonyl (C=O) groups excluding carboxylic acids is 1. The van der Waals surface area contributed by atoms with Crippen molar-refractivity contribution in [1.29, 1.82) is 0 Å². The highest BCUT2D eigenvalue weighted by Crippen LogP contribution is 2.41. The van der Waals surface area contributed by atoms with E-state index >= 15 is 0 Å². The van der Waals surface area contributed by atoms with Gasteiger partial charge in [-0.3, -0.25) is 9.79 Å². The first-order chi connectivity index (χ1) is 15.4. The number of hydrogen-bond acceptors (Lipinski definition) is 7. The smallest absolute Gasteiger partial charge is 0.223 e. The molecule has 0 unspecified atom stereocenters. The molecule has 1 amide bonds. The van der Waals surface area contributed by atoms with E-state index in [0.717, 1.165) is 42.7 Å². The standard InChI is InChI=1S/C23H20ClN5OS2/c1-5-8-25-13(3)21-17(16-7-6-15(24)9-12(16)2)10-18(31-21)19-20-22(27-11-26-19)32-23(29-20)28-14(4)30/h5-11H,1-4H3,(H,28,29,30)/b8-5-,25-13?. The largest absolute Gasteiger partial charge is 0.302 e. The topological polar surface area (TPSA) is 80.1 Å². The molecule has 4 rings (SSSR count). The van der Waals surface area contributed by atoms with Crippen molar-refractivity contribution in [3.63, 3.8) is 0 Å². The second-order valence-electron chi connectivity index (χ2n) is 7.09. The van der Waals surface area contributed by atoms with Gasteiger partial charge in [0, 0.05) is 23.7 Å². The maximum atomic E-state index is 11.5. The first kappa shape index (κ1) is 22.3. The van der Waals surface area contributed by atoms with Crippen LogP contribution in [0.5, 0.6) is 0 Å². The van der Waals surface area contributed by atoms with Crippen molar-refractivity contribution < 1.29 is 4.79 Å². The Morgan fingerprint density at radius 2 is 1.97 bits per heavy atom. The zero-order valence-corrected chi connectivity index (χ0v) is 20.3. The normalized spacial score (nSPS) is 12.1. The monoisotopic (exact) mass is 481 g/mol. The Bertz CT molecular complexity index is 1390. The van der Waals surface area contributed by atoms with E-state index in [9.17, 15) is 4.79 Å². The van der Waals surface area contributed by atoms with Crippen molar-refractivity contribution in [2.45, 2.75) is 27.7 Å². The van der Waals surface area contributed by atoms with Gasteiger partial charge in [0.25, 0.3) is 0 Å². The van der Waals surface area contributed by atoms with Crippen LogP contribution in [0.15, 0.2) is 47.9 Å². The van der Waals surface area contributed by atoms with Gasteiger partial charge in [0.15, 0.2) is 5.13 Å². The van der Waals surface area contributed by atoms with Gasteiger partial charge in [0.05, 0.1) is 15.5 Å². The summed E-state index contributed by atoms with van der Waals surface area (Å²) in [6, 6.07) is 8.00. The number of amides is 1. The second-order valence-corrected chi connectivity index (χ2v) is 9.55. The van der Waals surface area contributed by atoms with E-state index in [4.69, 9.17) is 11.6 Å². The molecular weight excluding hydrogens is 462 g/mol. The molecule has 1 N–H and O–H groups in total. The molecule has 9 heteroatoms. The van der Waals surface area contributed by atoms with Crippen LogP contribution >= 0.6 is 34.3 Å². The van der Waals surface area contributed by atoms with Crippen molar-refractivity contribution >= 4 is 61.4 Å². The second kappa shape index (κ2) is 9.28. The fourth-order valence-corrected chi connectivity index (χ4v) is 5.49. The van der Waals surface area contributed by atoms with Gasteiger partial charge < -0.3 is 5.32 Å². The highest BCUT2D eigenvalue weighted by atomic mass is 35.5. The van der Waals surface area contributed by atoms with Gasteiger partial charge in [-0.05, 0) is 50.1 Å². The molecule has 3 heterocycles. The molecule has 0 aliphatic rings. The van der Waals surface area contributed by atoms with Gasteiger partial charge in [-0.25, -0.2) is 15.0 Å². The number of fused-ring (bicyclic) bond motifs is 1. The summed E-state index contributed by atoms with van der Waals surface area (Å²) in [5.41, 5.74) is 5.53. The third-order valence-electron chi connectivity index (χ3n) is 4.67. The number of rotatable bonds is 5. The summed E-state index contributed by atoms with van der Waals surface area (Å²) in [6.07, 6.45) is 5.22. The van der Waals surface area contributed by atoms with E-state index < -0.39 is 0 Å². The number of nitrogens with one attached hydrogen (secondary N) is 1. The van der Waals surface area contributed by atoms with Gasteiger partial charge >= 0.3 is 0 Å². The summed E-state index contributed by atoms with van der Waals surface area (Å²) >= 11 is 9.13. The molecule has 0 radical (unpaired) electrons. The van der Waals surface area contributed by atoms with Gasteiger partial charge in [-0.1, -0.05) is 35.1 Å². The number of anilines is 1. The molecule has 1 aromatic carbocycles. The summed E-state index contributed by atoms with van der Waals surface area (Å²) in [4.78, 5) is 32.2. The van der Waals surface area contributed by atoms with E-state index in [0.29, 0.717) is 15.7 Å². The average molecular weight is 482 g/mol. The van der Waals surface area contributed by atoms with Crippen LogP contribution in [-0.2, 0) is 4.79 Å². The molecule has 32 heavy (non-hydrogen) atoms.